The van der Waals surface area contributed by atoms with Crippen LogP contribution in [-0.2, 0) is 17.7 Å². The van der Waals surface area contributed by atoms with E-state index in [0.29, 0.717) is 25.3 Å². The molecule has 2 rings (SSSR count). The zero-order valence-corrected chi connectivity index (χ0v) is 11.4. The summed E-state index contributed by atoms with van der Waals surface area (Å²) in [5.74, 6) is -1.08. The van der Waals surface area contributed by atoms with Crippen LogP contribution in [0.4, 0.5) is 0 Å². The van der Waals surface area contributed by atoms with E-state index in [4.69, 9.17) is 9.84 Å². The number of carboxylic acid groups (broad SMARTS) is 1. The molecule has 0 radical (unpaired) electrons. The first-order valence-corrected chi connectivity index (χ1v) is 6.18. The Labute approximate surface area is 116 Å². The molecule has 0 spiro atoms. The molecule has 2 aromatic heterocycles. The third kappa shape index (κ3) is 3.00. The summed E-state index contributed by atoms with van der Waals surface area (Å²) in [7, 11) is 1.57. The highest BCUT2D eigenvalue weighted by atomic mass is 16.5. The number of pyridine rings is 1. The van der Waals surface area contributed by atoms with Crippen LogP contribution in [0.25, 0.3) is 0 Å². The molecule has 0 unspecified atom stereocenters. The Morgan fingerprint density at radius 1 is 1.50 bits per heavy atom. The van der Waals surface area contributed by atoms with E-state index >= 15 is 0 Å². The summed E-state index contributed by atoms with van der Waals surface area (Å²) in [6.45, 7) is 2.76. The zero-order chi connectivity index (χ0) is 14.5. The van der Waals surface area contributed by atoms with Gasteiger partial charge in [-0.05, 0) is 18.6 Å². The second-order valence-electron chi connectivity index (χ2n) is 4.36. The molecule has 0 aliphatic carbocycles. The van der Waals surface area contributed by atoms with Gasteiger partial charge in [0.1, 0.15) is 0 Å². The van der Waals surface area contributed by atoms with Crippen molar-refractivity contribution in [2.45, 2.75) is 19.9 Å². The maximum absolute atomic E-state index is 11.1. The summed E-state index contributed by atoms with van der Waals surface area (Å²) < 4.78 is 6.57. The van der Waals surface area contributed by atoms with Gasteiger partial charge in [0.15, 0.2) is 5.69 Å². The third-order valence-electron chi connectivity index (χ3n) is 3.00. The number of hydrogen-bond acceptors (Lipinski definition) is 5. The fraction of sp³-hybridized carbons (Fsp3) is 0.385. The molecule has 2 aromatic rings. The van der Waals surface area contributed by atoms with Gasteiger partial charge in [0.25, 0.3) is 0 Å². The minimum atomic E-state index is -1.08. The average Bonchev–Trinajstić information content (AvgIpc) is 2.82. The number of rotatable bonds is 6. The van der Waals surface area contributed by atoms with E-state index in [2.05, 4.69) is 15.3 Å². The van der Waals surface area contributed by atoms with Gasteiger partial charge in [0.05, 0.1) is 24.5 Å². The van der Waals surface area contributed by atoms with E-state index < -0.39 is 5.97 Å². The van der Waals surface area contributed by atoms with Gasteiger partial charge in [-0.25, -0.2) is 9.48 Å². The number of aromatic carboxylic acids is 1. The quantitative estimate of drug-likeness (QED) is 0.843. The van der Waals surface area contributed by atoms with Gasteiger partial charge in [-0.1, -0.05) is 11.3 Å². The number of methoxy groups -OCH3 is 1. The Morgan fingerprint density at radius 3 is 2.95 bits per heavy atom. The number of carboxylic acids is 1. The van der Waals surface area contributed by atoms with Crippen molar-refractivity contribution < 1.29 is 14.6 Å². The molecule has 0 saturated heterocycles. The van der Waals surface area contributed by atoms with Crippen LogP contribution in [0.3, 0.4) is 0 Å². The molecule has 1 N–H and O–H groups in total. The lowest BCUT2D eigenvalue weighted by atomic mass is 10.2. The van der Waals surface area contributed by atoms with Crippen molar-refractivity contribution in [3.05, 3.63) is 41.0 Å². The Bertz CT molecular complexity index is 609. The molecule has 0 aliphatic heterocycles. The van der Waals surface area contributed by atoms with Crippen LogP contribution in [0.15, 0.2) is 18.3 Å². The number of carbonyl (C=O) groups is 1. The monoisotopic (exact) mass is 276 g/mol. The number of aromatic nitrogens is 4. The molecule has 2 heterocycles. The Kier molecular flexibility index (Phi) is 4.41. The van der Waals surface area contributed by atoms with Gasteiger partial charge in [-0.15, -0.1) is 5.10 Å². The van der Waals surface area contributed by atoms with Crippen LogP contribution in [0.1, 0.15) is 27.4 Å². The molecule has 0 aromatic carbocycles. The lowest BCUT2D eigenvalue weighted by Crippen LogP contribution is -2.13. The Hall–Kier alpha value is -2.28. The maximum Gasteiger partial charge on any atom is 0.358 e. The second-order valence-corrected chi connectivity index (χ2v) is 4.36. The number of hydrogen-bond donors (Lipinski definition) is 1. The van der Waals surface area contributed by atoms with Crippen molar-refractivity contribution in [3.63, 3.8) is 0 Å². The predicted octanol–water partition coefficient (Wildman–Crippen LogP) is 0.917. The molecule has 7 nitrogen and oxygen atoms in total. The highest BCUT2D eigenvalue weighted by molar-refractivity contribution is 5.86. The zero-order valence-electron chi connectivity index (χ0n) is 11.4. The summed E-state index contributed by atoms with van der Waals surface area (Å²) in [4.78, 5) is 15.4. The topological polar surface area (TPSA) is 90.1 Å². The highest BCUT2D eigenvalue weighted by Crippen LogP contribution is 2.11. The van der Waals surface area contributed by atoms with Crippen LogP contribution in [0, 0.1) is 6.92 Å². The van der Waals surface area contributed by atoms with Gasteiger partial charge in [-0.2, -0.15) is 0 Å². The van der Waals surface area contributed by atoms with Gasteiger partial charge in [-0.3, -0.25) is 4.98 Å². The van der Waals surface area contributed by atoms with Crippen LogP contribution < -0.4 is 0 Å². The Morgan fingerprint density at radius 2 is 2.30 bits per heavy atom. The normalized spacial score (nSPS) is 10.7. The van der Waals surface area contributed by atoms with E-state index in [1.807, 2.05) is 19.1 Å². The molecule has 7 heteroatoms. The highest BCUT2D eigenvalue weighted by Gasteiger charge is 2.19. The SMILES string of the molecule is COCCc1c(C(=O)O)nnn1Cc1ncccc1C. The van der Waals surface area contributed by atoms with Gasteiger partial charge in [0, 0.05) is 19.7 Å². The van der Waals surface area contributed by atoms with Gasteiger partial charge >= 0.3 is 5.97 Å². The van der Waals surface area contributed by atoms with E-state index in [1.165, 1.54) is 0 Å². The largest absolute Gasteiger partial charge is 0.476 e. The molecule has 20 heavy (non-hydrogen) atoms. The molecule has 0 bridgehead atoms. The first-order chi connectivity index (χ1) is 9.63. The number of aryl methyl sites for hydroxylation is 1. The smallest absolute Gasteiger partial charge is 0.358 e. The van der Waals surface area contributed by atoms with Gasteiger partial charge in [0.2, 0.25) is 0 Å². The van der Waals surface area contributed by atoms with Gasteiger partial charge < -0.3 is 9.84 Å². The van der Waals surface area contributed by atoms with E-state index in [0.717, 1.165) is 11.3 Å². The molecular weight excluding hydrogens is 260 g/mol. The number of ether oxygens (including phenoxy) is 1. The van der Waals surface area contributed by atoms with Crippen LogP contribution in [0.5, 0.6) is 0 Å². The molecule has 0 saturated carbocycles. The predicted molar refractivity (Wildman–Crippen MR) is 70.6 cm³/mol. The van der Waals surface area contributed by atoms with Crippen molar-refractivity contribution >= 4 is 5.97 Å². The lowest BCUT2D eigenvalue weighted by Gasteiger charge is -2.08. The van der Waals surface area contributed by atoms with E-state index in [-0.39, 0.29) is 5.69 Å². The maximum atomic E-state index is 11.1. The van der Waals surface area contributed by atoms with Crippen LogP contribution >= 0.6 is 0 Å². The standard InChI is InChI=1S/C13H16N4O3/c1-9-4-3-6-14-10(9)8-17-11(5-7-20-2)12(13(18)19)15-16-17/h3-4,6H,5,7-8H2,1-2H3,(H,18,19). The van der Waals surface area contributed by atoms with E-state index in [9.17, 15) is 4.79 Å². The first kappa shape index (κ1) is 14.1. The molecular formula is C13H16N4O3. The second kappa shape index (κ2) is 6.25. The van der Waals surface area contributed by atoms with E-state index in [1.54, 1.807) is 18.0 Å². The molecule has 106 valence electrons. The molecule has 0 fully saturated rings. The van der Waals surface area contributed by atoms with Crippen molar-refractivity contribution in [1.82, 2.24) is 20.0 Å². The number of nitrogens with zero attached hydrogens (tertiary/aromatic N) is 4. The minimum Gasteiger partial charge on any atom is -0.476 e. The lowest BCUT2D eigenvalue weighted by molar-refractivity contribution is 0.0688. The minimum absolute atomic E-state index is 0.0318. The molecule has 0 atom stereocenters. The third-order valence-corrected chi connectivity index (χ3v) is 3.00. The summed E-state index contributed by atoms with van der Waals surface area (Å²) in [5, 5.41) is 16.8. The Balaban J connectivity index is 2.31. The fourth-order valence-corrected chi connectivity index (χ4v) is 1.90. The summed E-state index contributed by atoms with van der Waals surface area (Å²) >= 11 is 0. The van der Waals surface area contributed by atoms with Crippen LogP contribution in [-0.4, -0.2) is 44.8 Å². The van der Waals surface area contributed by atoms with Crippen molar-refractivity contribution in [2.24, 2.45) is 0 Å². The molecule has 0 amide bonds. The summed E-state index contributed by atoms with van der Waals surface area (Å²) in [6.07, 6.45) is 2.14. The first-order valence-electron chi connectivity index (χ1n) is 6.18. The van der Waals surface area contributed by atoms with Crippen molar-refractivity contribution in [3.8, 4) is 0 Å². The fourth-order valence-electron chi connectivity index (χ4n) is 1.90. The average molecular weight is 276 g/mol. The summed E-state index contributed by atoms with van der Waals surface area (Å²) in [5.41, 5.74) is 2.38. The van der Waals surface area contributed by atoms with Crippen LogP contribution in [0.2, 0.25) is 0 Å². The van der Waals surface area contributed by atoms with Crippen molar-refractivity contribution in [2.75, 3.05) is 13.7 Å². The molecule has 0 aliphatic rings. The summed E-state index contributed by atoms with van der Waals surface area (Å²) in [6, 6.07) is 3.81. The van der Waals surface area contributed by atoms with Crippen molar-refractivity contribution in [1.29, 1.82) is 0 Å².